The fraction of sp³-hybridized carbons (Fsp3) is 0.0800. The molecule has 6 nitrogen and oxygen atoms in total. The first-order chi connectivity index (χ1) is 15.7. The number of nitrogens with one attached hydrogen (secondary N) is 1. The minimum atomic E-state index is -0.305. The monoisotopic (exact) mass is 537 g/mol. The molecule has 160 valence electrons. The number of rotatable bonds is 7. The molecule has 0 saturated carbocycles. The largest absolute Gasteiger partial charge is 0.493 e. The molecule has 0 bridgehead atoms. The first-order valence-electron chi connectivity index (χ1n) is 9.86. The Morgan fingerprint density at radius 3 is 2.69 bits per heavy atom. The number of pyridine rings is 1. The predicted octanol–water partition coefficient (Wildman–Crippen LogP) is 5.19. The van der Waals surface area contributed by atoms with Gasteiger partial charge in [0.2, 0.25) is 0 Å². The zero-order valence-electron chi connectivity index (χ0n) is 17.3. The summed E-state index contributed by atoms with van der Waals surface area (Å²) in [4.78, 5) is 16.0. The highest BCUT2D eigenvalue weighted by Gasteiger charge is 2.12. The fourth-order valence-corrected chi connectivity index (χ4v) is 4.04. The van der Waals surface area contributed by atoms with Crippen molar-refractivity contribution in [3.8, 4) is 11.5 Å². The van der Waals surface area contributed by atoms with Crippen molar-refractivity contribution in [2.24, 2.45) is 5.10 Å². The highest BCUT2D eigenvalue weighted by molar-refractivity contribution is 14.1. The first kappa shape index (κ1) is 21.8. The van der Waals surface area contributed by atoms with Gasteiger partial charge in [-0.05, 0) is 68.8 Å². The molecule has 0 fully saturated rings. The molecule has 7 heteroatoms. The van der Waals surface area contributed by atoms with Crippen molar-refractivity contribution in [1.82, 2.24) is 10.4 Å². The molecule has 0 saturated heterocycles. The van der Waals surface area contributed by atoms with Crippen LogP contribution in [0, 0.1) is 3.57 Å². The van der Waals surface area contributed by atoms with Crippen molar-refractivity contribution < 1.29 is 14.3 Å². The summed E-state index contributed by atoms with van der Waals surface area (Å²) in [6.45, 7) is 0.420. The molecule has 1 amide bonds. The number of carbonyl (C=O) groups excluding carboxylic acids is 1. The Kier molecular flexibility index (Phi) is 6.96. The van der Waals surface area contributed by atoms with Crippen LogP contribution in [0.3, 0.4) is 0 Å². The second-order valence-electron chi connectivity index (χ2n) is 6.90. The molecule has 0 aliphatic carbocycles. The van der Waals surface area contributed by atoms with E-state index in [0.29, 0.717) is 23.7 Å². The number of hydrogen-bond acceptors (Lipinski definition) is 5. The quantitative estimate of drug-likeness (QED) is 0.200. The summed E-state index contributed by atoms with van der Waals surface area (Å²) >= 11 is 2.21. The van der Waals surface area contributed by atoms with Crippen LogP contribution in [0.15, 0.2) is 84.2 Å². The molecule has 0 atom stereocenters. The van der Waals surface area contributed by atoms with Crippen LogP contribution in [-0.2, 0) is 6.61 Å². The molecular weight excluding hydrogens is 517 g/mol. The van der Waals surface area contributed by atoms with Crippen LogP contribution in [0.2, 0.25) is 0 Å². The molecule has 1 N–H and O–H groups in total. The normalized spacial score (nSPS) is 10.9. The maximum absolute atomic E-state index is 12.1. The van der Waals surface area contributed by atoms with Crippen LogP contribution < -0.4 is 14.9 Å². The van der Waals surface area contributed by atoms with Crippen LogP contribution >= 0.6 is 22.6 Å². The molecule has 32 heavy (non-hydrogen) atoms. The van der Waals surface area contributed by atoms with E-state index in [1.54, 1.807) is 37.9 Å². The van der Waals surface area contributed by atoms with Crippen LogP contribution in [0.4, 0.5) is 0 Å². The predicted molar refractivity (Wildman–Crippen MR) is 133 cm³/mol. The summed E-state index contributed by atoms with van der Waals surface area (Å²) in [6, 6.07) is 21.4. The van der Waals surface area contributed by atoms with E-state index in [1.165, 1.54) is 5.39 Å². The number of amides is 1. The Hall–Kier alpha value is -3.46. The minimum absolute atomic E-state index is 0.305. The van der Waals surface area contributed by atoms with Gasteiger partial charge < -0.3 is 9.47 Å². The maximum atomic E-state index is 12.1. The lowest BCUT2D eigenvalue weighted by Gasteiger charge is -2.14. The third-order valence-electron chi connectivity index (χ3n) is 4.83. The molecule has 1 heterocycles. The van der Waals surface area contributed by atoms with E-state index < -0.39 is 0 Å². The second kappa shape index (κ2) is 10.2. The zero-order chi connectivity index (χ0) is 22.3. The molecule has 0 aliphatic heterocycles. The van der Waals surface area contributed by atoms with Gasteiger partial charge in [0, 0.05) is 18.0 Å². The highest BCUT2D eigenvalue weighted by Crippen LogP contribution is 2.34. The third kappa shape index (κ3) is 5.05. The smallest absolute Gasteiger partial charge is 0.271 e. The molecule has 0 aliphatic rings. The van der Waals surface area contributed by atoms with E-state index in [-0.39, 0.29) is 5.91 Å². The van der Waals surface area contributed by atoms with Crippen molar-refractivity contribution >= 4 is 45.5 Å². The Morgan fingerprint density at radius 1 is 1.09 bits per heavy atom. The molecule has 0 spiro atoms. The Balaban J connectivity index is 1.49. The lowest BCUT2D eigenvalue weighted by atomic mass is 10.1. The van der Waals surface area contributed by atoms with Crippen molar-refractivity contribution in [2.45, 2.75) is 6.61 Å². The van der Waals surface area contributed by atoms with Crippen LogP contribution in [-0.4, -0.2) is 24.2 Å². The number of nitrogens with zero attached hydrogens (tertiary/aromatic N) is 2. The van der Waals surface area contributed by atoms with E-state index in [1.807, 2.05) is 30.3 Å². The third-order valence-corrected chi connectivity index (χ3v) is 5.63. The number of halogens is 1. The number of hydrogen-bond donors (Lipinski definition) is 1. The summed E-state index contributed by atoms with van der Waals surface area (Å²) in [5.41, 5.74) is 4.88. The van der Waals surface area contributed by atoms with E-state index in [4.69, 9.17) is 9.47 Å². The van der Waals surface area contributed by atoms with Gasteiger partial charge in [0.1, 0.15) is 6.61 Å². The summed E-state index contributed by atoms with van der Waals surface area (Å²) in [5.74, 6) is 0.957. The van der Waals surface area contributed by atoms with Crippen molar-refractivity contribution in [2.75, 3.05) is 7.11 Å². The molecule has 4 rings (SSSR count). The Bertz CT molecular complexity index is 1270. The average Bonchev–Trinajstić information content (AvgIpc) is 2.83. The van der Waals surface area contributed by atoms with Crippen LogP contribution in [0.25, 0.3) is 10.8 Å². The van der Waals surface area contributed by atoms with Gasteiger partial charge in [0.05, 0.1) is 16.9 Å². The van der Waals surface area contributed by atoms with E-state index in [9.17, 15) is 4.79 Å². The molecule has 3 aromatic carbocycles. The van der Waals surface area contributed by atoms with E-state index >= 15 is 0 Å². The molecule has 1 aromatic heterocycles. The summed E-state index contributed by atoms with van der Waals surface area (Å²) in [5, 5.41) is 6.39. The topological polar surface area (TPSA) is 72.8 Å². The number of ether oxygens (including phenoxy) is 2. The van der Waals surface area contributed by atoms with E-state index in [0.717, 1.165) is 20.1 Å². The average molecular weight is 537 g/mol. The van der Waals surface area contributed by atoms with Crippen molar-refractivity contribution in [3.05, 3.63) is 99.4 Å². The number of fused-ring (bicyclic) bond motifs is 1. The highest BCUT2D eigenvalue weighted by atomic mass is 127. The van der Waals surface area contributed by atoms with Gasteiger partial charge in [-0.15, -0.1) is 0 Å². The number of aromatic nitrogens is 1. The second-order valence-corrected chi connectivity index (χ2v) is 8.06. The number of benzene rings is 3. The Labute approximate surface area is 199 Å². The van der Waals surface area contributed by atoms with Crippen molar-refractivity contribution in [3.63, 3.8) is 0 Å². The number of carbonyl (C=O) groups is 1. The lowest BCUT2D eigenvalue weighted by molar-refractivity contribution is 0.0955. The minimum Gasteiger partial charge on any atom is -0.493 e. The van der Waals surface area contributed by atoms with Gasteiger partial charge >= 0.3 is 0 Å². The van der Waals surface area contributed by atoms with Gasteiger partial charge in [-0.25, -0.2) is 5.43 Å². The standard InChI is InChI=1S/C25H20IN3O3/c1-31-23-14-17(15-28-29-25(30)19-9-11-27-12-10-19)13-22(26)24(23)32-16-20-7-4-6-18-5-2-3-8-21(18)20/h2-15H,16H2,1H3,(H,29,30)/b28-15-. The van der Waals surface area contributed by atoms with Gasteiger partial charge in [-0.3, -0.25) is 9.78 Å². The number of hydrazone groups is 1. The molecular formula is C25H20IN3O3. The summed E-state index contributed by atoms with van der Waals surface area (Å²) in [7, 11) is 1.60. The maximum Gasteiger partial charge on any atom is 0.271 e. The van der Waals surface area contributed by atoms with Gasteiger partial charge in [-0.1, -0.05) is 42.5 Å². The van der Waals surface area contributed by atoms with Gasteiger partial charge in [-0.2, -0.15) is 5.10 Å². The lowest BCUT2D eigenvalue weighted by Crippen LogP contribution is -2.17. The van der Waals surface area contributed by atoms with Crippen LogP contribution in [0.1, 0.15) is 21.5 Å². The SMILES string of the molecule is COc1cc(/C=N\NC(=O)c2ccncc2)cc(I)c1OCc1cccc2ccccc12. The summed E-state index contributed by atoms with van der Waals surface area (Å²) in [6.07, 6.45) is 4.68. The summed E-state index contributed by atoms with van der Waals surface area (Å²) < 4.78 is 12.6. The molecule has 4 aromatic rings. The molecule has 0 radical (unpaired) electrons. The van der Waals surface area contributed by atoms with Crippen molar-refractivity contribution in [1.29, 1.82) is 0 Å². The fourth-order valence-electron chi connectivity index (χ4n) is 3.26. The Morgan fingerprint density at radius 2 is 1.88 bits per heavy atom. The molecule has 0 unspecified atom stereocenters. The van der Waals surface area contributed by atoms with Gasteiger partial charge in [0.25, 0.3) is 5.91 Å². The zero-order valence-corrected chi connectivity index (χ0v) is 19.4. The van der Waals surface area contributed by atoms with E-state index in [2.05, 4.69) is 62.4 Å². The van der Waals surface area contributed by atoms with Crippen LogP contribution in [0.5, 0.6) is 11.5 Å². The number of methoxy groups -OCH3 is 1. The van der Waals surface area contributed by atoms with Gasteiger partial charge in [0.15, 0.2) is 11.5 Å². The first-order valence-corrected chi connectivity index (χ1v) is 10.9.